The van der Waals surface area contributed by atoms with E-state index in [-0.39, 0.29) is 35.9 Å². The number of amides is 1. The van der Waals surface area contributed by atoms with Crippen LogP contribution in [0.2, 0.25) is 0 Å². The molecule has 5 heteroatoms. The van der Waals surface area contributed by atoms with E-state index in [0.717, 1.165) is 0 Å². The first-order valence-corrected chi connectivity index (χ1v) is 7.02. The van der Waals surface area contributed by atoms with Gasteiger partial charge in [0.25, 0.3) is 5.91 Å². The number of carbonyl (C=O) groups is 2. The van der Waals surface area contributed by atoms with Gasteiger partial charge in [0, 0.05) is 12.1 Å². The molecule has 1 N–H and O–H groups in total. The van der Waals surface area contributed by atoms with Crippen molar-refractivity contribution >= 4 is 11.9 Å². The van der Waals surface area contributed by atoms with Crippen LogP contribution in [0, 0.1) is 6.92 Å². The lowest BCUT2D eigenvalue weighted by Gasteiger charge is -2.30. The highest BCUT2D eigenvalue weighted by atomic mass is 16.5. The molecule has 1 aromatic carbocycles. The van der Waals surface area contributed by atoms with Crippen LogP contribution in [0.1, 0.15) is 43.6 Å². The molecule has 116 valence electrons. The summed E-state index contributed by atoms with van der Waals surface area (Å²) in [4.78, 5) is 25.2. The molecule has 5 nitrogen and oxygen atoms in total. The van der Waals surface area contributed by atoms with Crippen molar-refractivity contribution in [2.24, 2.45) is 0 Å². The van der Waals surface area contributed by atoms with Crippen molar-refractivity contribution in [2.75, 3.05) is 6.61 Å². The van der Waals surface area contributed by atoms with E-state index in [1.165, 1.54) is 6.07 Å². The third-order valence-corrected chi connectivity index (χ3v) is 3.18. The van der Waals surface area contributed by atoms with Gasteiger partial charge in [-0.15, -0.1) is 0 Å². The average molecular weight is 293 g/mol. The molecule has 0 atom stereocenters. The molecule has 0 aliphatic rings. The topological polar surface area (TPSA) is 66.8 Å². The molecular formula is C16H23NO4. The van der Waals surface area contributed by atoms with E-state index in [0.29, 0.717) is 5.56 Å². The molecule has 0 spiro atoms. The lowest BCUT2D eigenvalue weighted by atomic mass is 10.1. The molecule has 1 aromatic rings. The van der Waals surface area contributed by atoms with E-state index in [9.17, 15) is 9.59 Å². The lowest BCUT2D eigenvalue weighted by molar-refractivity contribution is -0.137. The number of carbonyl (C=O) groups excluding carboxylic acids is 1. The van der Waals surface area contributed by atoms with Crippen molar-refractivity contribution in [2.45, 2.75) is 46.7 Å². The smallest absolute Gasteiger partial charge is 0.339 e. The van der Waals surface area contributed by atoms with Gasteiger partial charge in [0.05, 0.1) is 0 Å². The molecule has 0 bridgehead atoms. The summed E-state index contributed by atoms with van der Waals surface area (Å²) in [6, 6.07) is 5.02. The van der Waals surface area contributed by atoms with Crippen molar-refractivity contribution in [3.05, 3.63) is 29.3 Å². The third kappa shape index (κ3) is 4.21. The first-order chi connectivity index (χ1) is 9.75. The molecule has 0 radical (unpaired) electrons. The van der Waals surface area contributed by atoms with Gasteiger partial charge >= 0.3 is 5.97 Å². The van der Waals surface area contributed by atoms with Crippen molar-refractivity contribution in [3.8, 4) is 5.75 Å². The van der Waals surface area contributed by atoms with Crippen LogP contribution in [-0.2, 0) is 4.79 Å². The van der Waals surface area contributed by atoms with Crippen LogP contribution < -0.4 is 4.74 Å². The number of rotatable bonds is 6. The molecule has 0 fully saturated rings. The molecule has 21 heavy (non-hydrogen) atoms. The quantitative estimate of drug-likeness (QED) is 0.875. The molecule has 1 rings (SSSR count). The van der Waals surface area contributed by atoms with Gasteiger partial charge in [0.15, 0.2) is 6.61 Å². The SMILES string of the molecule is Cc1cccc(C(=O)O)c1OCC(=O)N(C(C)C)C(C)C. The zero-order valence-electron chi connectivity index (χ0n) is 13.2. The zero-order valence-corrected chi connectivity index (χ0v) is 13.2. The summed E-state index contributed by atoms with van der Waals surface area (Å²) in [5, 5.41) is 9.17. The molecule has 1 amide bonds. The normalized spacial score (nSPS) is 10.8. The second-order valence-electron chi connectivity index (χ2n) is 5.53. The Morgan fingerprint density at radius 1 is 1.19 bits per heavy atom. The van der Waals surface area contributed by atoms with Crippen LogP contribution in [0.15, 0.2) is 18.2 Å². The molecule has 0 unspecified atom stereocenters. The average Bonchev–Trinajstić information content (AvgIpc) is 2.35. The molecule has 0 aliphatic carbocycles. The number of carboxylic acids is 1. The molecule has 0 saturated heterocycles. The van der Waals surface area contributed by atoms with Gasteiger partial charge < -0.3 is 14.7 Å². The summed E-state index contributed by atoms with van der Waals surface area (Å²) >= 11 is 0. The van der Waals surface area contributed by atoms with Gasteiger partial charge in [-0.1, -0.05) is 12.1 Å². The van der Waals surface area contributed by atoms with Crippen LogP contribution in [0.5, 0.6) is 5.75 Å². The Morgan fingerprint density at radius 2 is 1.76 bits per heavy atom. The lowest BCUT2D eigenvalue weighted by Crippen LogP contribution is -2.44. The molecule has 0 aromatic heterocycles. The number of aromatic carboxylic acids is 1. The van der Waals surface area contributed by atoms with Crippen molar-refractivity contribution in [1.29, 1.82) is 0 Å². The highest BCUT2D eigenvalue weighted by molar-refractivity contribution is 5.91. The summed E-state index contributed by atoms with van der Waals surface area (Å²) in [7, 11) is 0. The van der Waals surface area contributed by atoms with Crippen molar-refractivity contribution in [1.82, 2.24) is 4.90 Å². The number of carboxylic acid groups (broad SMARTS) is 1. The fourth-order valence-corrected chi connectivity index (χ4v) is 2.39. The Bertz CT molecular complexity index is 515. The van der Waals surface area contributed by atoms with E-state index in [2.05, 4.69) is 0 Å². The standard InChI is InChI=1S/C16H23NO4/c1-10(2)17(11(3)4)14(18)9-21-15-12(5)7-6-8-13(15)16(19)20/h6-8,10-11H,9H2,1-5H3,(H,19,20). The Hall–Kier alpha value is -2.04. The first-order valence-electron chi connectivity index (χ1n) is 7.02. The summed E-state index contributed by atoms with van der Waals surface area (Å²) in [5.41, 5.74) is 0.770. The Labute approximate surface area is 125 Å². The van der Waals surface area contributed by atoms with Gasteiger partial charge in [0.2, 0.25) is 0 Å². The van der Waals surface area contributed by atoms with Crippen LogP contribution in [0.25, 0.3) is 0 Å². The van der Waals surface area contributed by atoms with Gasteiger partial charge in [-0.25, -0.2) is 4.79 Å². The van der Waals surface area contributed by atoms with E-state index < -0.39 is 5.97 Å². The minimum absolute atomic E-state index is 0.0666. The van der Waals surface area contributed by atoms with Crippen LogP contribution >= 0.6 is 0 Å². The van der Waals surface area contributed by atoms with Crippen LogP contribution in [0.4, 0.5) is 0 Å². The highest BCUT2D eigenvalue weighted by Gasteiger charge is 2.22. The fraction of sp³-hybridized carbons (Fsp3) is 0.500. The van der Waals surface area contributed by atoms with Crippen LogP contribution in [0.3, 0.4) is 0 Å². The number of hydrogen-bond donors (Lipinski definition) is 1. The van der Waals surface area contributed by atoms with E-state index in [1.807, 2.05) is 27.7 Å². The van der Waals surface area contributed by atoms with Crippen molar-refractivity contribution < 1.29 is 19.4 Å². The highest BCUT2D eigenvalue weighted by Crippen LogP contribution is 2.23. The summed E-state index contributed by atoms with van der Waals surface area (Å²) < 4.78 is 5.50. The Balaban J connectivity index is 2.89. The zero-order chi connectivity index (χ0) is 16.2. The number of ether oxygens (including phenoxy) is 1. The minimum atomic E-state index is -1.06. The number of aryl methyl sites for hydroxylation is 1. The van der Waals surface area contributed by atoms with Crippen LogP contribution in [-0.4, -0.2) is 40.6 Å². The summed E-state index contributed by atoms with van der Waals surface area (Å²) in [6.07, 6.45) is 0. The fourth-order valence-electron chi connectivity index (χ4n) is 2.39. The van der Waals surface area contributed by atoms with E-state index in [4.69, 9.17) is 9.84 Å². The Kier molecular flexibility index (Phi) is 5.76. The number of hydrogen-bond acceptors (Lipinski definition) is 3. The molecule has 0 aliphatic heterocycles. The Morgan fingerprint density at radius 3 is 2.24 bits per heavy atom. The number of para-hydroxylation sites is 1. The third-order valence-electron chi connectivity index (χ3n) is 3.18. The van der Waals surface area contributed by atoms with Crippen molar-refractivity contribution in [3.63, 3.8) is 0 Å². The summed E-state index contributed by atoms with van der Waals surface area (Å²) in [6.45, 7) is 9.35. The number of benzene rings is 1. The largest absolute Gasteiger partial charge is 0.483 e. The monoisotopic (exact) mass is 293 g/mol. The maximum absolute atomic E-state index is 12.2. The predicted molar refractivity (Wildman–Crippen MR) is 80.8 cm³/mol. The predicted octanol–water partition coefficient (Wildman–Crippen LogP) is 2.72. The molecule has 0 saturated carbocycles. The number of nitrogens with zero attached hydrogens (tertiary/aromatic N) is 1. The molecular weight excluding hydrogens is 270 g/mol. The maximum Gasteiger partial charge on any atom is 0.339 e. The second kappa shape index (κ2) is 7.11. The van der Waals surface area contributed by atoms with Gasteiger partial charge in [-0.3, -0.25) is 4.79 Å². The van der Waals surface area contributed by atoms with Gasteiger partial charge in [0.1, 0.15) is 11.3 Å². The molecule has 0 heterocycles. The first kappa shape index (κ1) is 17.0. The minimum Gasteiger partial charge on any atom is -0.483 e. The van der Waals surface area contributed by atoms with Gasteiger partial charge in [-0.2, -0.15) is 0 Å². The summed E-state index contributed by atoms with van der Waals surface area (Å²) in [5.74, 6) is -0.962. The maximum atomic E-state index is 12.2. The van der Waals surface area contributed by atoms with E-state index >= 15 is 0 Å². The van der Waals surface area contributed by atoms with Gasteiger partial charge in [-0.05, 0) is 46.2 Å². The van der Waals surface area contributed by atoms with E-state index in [1.54, 1.807) is 24.0 Å². The second-order valence-corrected chi connectivity index (χ2v) is 5.53.